The Morgan fingerprint density at radius 2 is 1.42 bits per heavy atom. The van der Waals surface area contributed by atoms with E-state index in [-0.39, 0.29) is 11.3 Å². The molecule has 0 aliphatic rings. The van der Waals surface area contributed by atoms with Crippen LogP contribution in [0.5, 0.6) is 5.75 Å². The second-order valence-corrected chi connectivity index (χ2v) is 5.50. The number of esters is 1. The predicted octanol–water partition coefficient (Wildman–Crippen LogP) is 4.94. The average Bonchev–Trinajstić information content (AvgIpc) is 2.68. The van der Waals surface area contributed by atoms with E-state index in [0.29, 0.717) is 16.9 Å². The molecule has 0 fully saturated rings. The van der Waals surface area contributed by atoms with Crippen LogP contribution < -0.4 is 4.74 Å². The molecule has 26 heavy (non-hydrogen) atoms. The number of carbonyl (C=O) groups is 2. The van der Waals surface area contributed by atoms with E-state index in [2.05, 4.69) is 0 Å². The molecule has 128 valence electrons. The van der Waals surface area contributed by atoms with Crippen LogP contribution in [0.25, 0.3) is 6.08 Å². The number of ether oxygens (including phenoxy) is 1. The first-order valence-corrected chi connectivity index (χ1v) is 7.98. The third-order valence-electron chi connectivity index (χ3n) is 3.67. The smallest absolute Gasteiger partial charge is 0.343 e. The van der Waals surface area contributed by atoms with Gasteiger partial charge >= 0.3 is 5.97 Å². The van der Waals surface area contributed by atoms with Gasteiger partial charge in [0.2, 0.25) is 0 Å². The van der Waals surface area contributed by atoms with Crippen molar-refractivity contribution in [3.63, 3.8) is 0 Å². The molecule has 0 unspecified atom stereocenters. The summed E-state index contributed by atoms with van der Waals surface area (Å²) >= 11 is 0. The highest BCUT2D eigenvalue weighted by Gasteiger charge is 2.11. The number of ketones is 1. The minimum absolute atomic E-state index is 0.148. The van der Waals surface area contributed by atoms with E-state index in [0.717, 1.165) is 0 Å². The molecule has 0 bridgehead atoms. The maximum absolute atomic E-state index is 13.0. The monoisotopic (exact) mass is 346 g/mol. The Morgan fingerprint density at radius 1 is 0.769 bits per heavy atom. The summed E-state index contributed by atoms with van der Waals surface area (Å²) in [5.41, 5.74) is 1.40. The third kappa shape index (κ3) is 4.30. The van der Waals surface area contributed by atoms with Crippen LogP contribution in [0, 0.1) is 5.82 Å². The largest absolute Gasteiger partial charge is 0.422 e. The first kappa shape index (κ1) is 17.3. The van der Waals surface area contributed by atoms with Crippen molar-refractivity contribution < 1.29 is 18.7 Å². The third-order valence-corrected chi connectivity index (χ3v) is 3.67. The summed E-state index contributed by atoms with van der Waals surface area (Å²) in [5.74, 6) is -0.853. The fourth-order valence-electron chi connectivity index (χ4n) is 2.32. The fourth-order valence-corrected chi connectivity index (χ4v) is 2.32. The van der Waals surface area contributed by atoms with Crippen molar-refractivity contribution in [2.45, 2.75) is 0 Å². The van der Waals surface area contributed by atoms with Crippen LogP contribution in [0.1, 0.15) is 26.3 Å². The molecule has 0 saturated heterocycles. The summed E-state index contributed by atoms with van der Waals surface area (Å²) in [7, 11) is 0. The lowest BCUT2D eigenvalue weighted by atomic mass is 10.1. The van der Waals surface area contributed by atoms with Gasteiger partial charge in [-0.3, -0.25) is 4.79 Å². The van der Waals surface area contributed by atoms with Gasteiger partial charge in [-0.15, -0.1) is 0 Å². The second-order valence-electron chi connectivity index (χ2n) is 5.50. The second kappa shape index (κ2) is 8.03. The molecule has 0 aliphatic carbocycles. The van der Waals surface area contributed by atoms with Crippen molar-refractivity contribution in [2.75, 3.05) is 0 Å². The zero-order valence-corrected chi connectivity index (χ0v) is 13.8. The Balaban J connectivity index is 1.78. The number of benzene rings is 3. The number of para-hydroxylation sites is 1. The fraction of sp³-hybridized carbons (Fsp3) is 0. The first-order chi connectivity index (χ1) is 12.6. The SMILES string of the molecule is O=C(C=Cc1ccccc1OC(=O)c1ccc(F)cc1)c1ccccc1. The van der Waals surface area contributed by atoms with Crippen molar-refractivity contribution in [3.8, 4) is 5.75 Å². The minimum Gasteiger partial charge on any atom is -0.422 e. The summed E-state index contributed by atoms with van der Waals surface area (Å²) in [6, 6.07) is 20.9. The summed E-state index contributed by atoms with van der Waals surface area (Å²) in [5, 5.41) is 0. The van der Waals surface area contributed by atoms with Gasteiger partial charge in [-0.2, -0.15) is 0 Å². The molecule has 0 saturated carbocycles. The van der Waals surface area contributed by atoms with Gasteiger partial charge in [0.05, 0.1) is 5.56 Å². The molecule has 0 aromatic heterocycles. The van der Waals surface area contributed by atoms with Crippen LogP contribution >= 0.6 is 0 Å². The number of halogens is 1. The maximum atomic E-state index is 13.0. The van der Waals surface area contributed by atoms with Crippen LogP contribution in [0.2, 0.25) is 0 Å². The number of allylic oxidation sites excluding steroid dienone is 1. The Morgan fingerprint density at radius 3 is 2.15 bits per heavy atom. The van der Waals surface area contributed by atoms with E-state index >= 15 is 0 Å². The van der Waals surface area contributed by atoms with Crippen molar-refractivity contribution in [1.82, 2.24) is 0 Å². The number of rotatable bonds is 5. The Labute approximate surface area is 150 Å². The quantitative estimate of drug-likeness (QED) is 0.284. The molecular formula is C22H15FO3. The van der Waals surface area contributed by atoms with Gasteiger partial charge < -0.3 is 4.74 Å². The van der Waals surface area contributed by atoms with E-state index in [1.54, 1.807) is 54.6 Å². The van der Waals surface area contributed by atoms with Crippen LogP contribution in [-0.2, 0) is 0 Å². The van der Waals surface area contributed by atoms with E-state index in [4.69, 9.17) is 4.74 Å². The standard InChI is InChI=1S/C22H15FO3/c23-19-13-10-18(11-14-19)22(25)26-21-9-5-4-8-17(21)12-15-20(24)16-6-2-1-3-7-16/h1-15H. The molecule has 0 amide bonds. The molecule has 0 radical (unpaired) electrons. The highest BCUT2D eigenvalue weighted by atomic mass is 19.1. The van der Waals surface area contributed by atoms with Crippen LogP contribution in [-0.4, -0.2) is 11.8 Å². The number of carbonyl (C=O) groups excluding carboxylic acids is 2. The van der Waals surface area contributed by atoms with Gasteiger partial charge in [-0.05, 0) is 42.5 Å². The van der Waals surface area contributed by atoms with Crippen molar-refractivity contribution >= 4 is 17.8 Å². The van der Waals surface area contributed by atoms with Crippen LogP contribution in [0.4, 0.5) is 4.39 Å². The highest BCUT2D eigenvalue weighted by Crippen LogP contribution is 2.21. The Bertz CT molecular complexity index is 945. The molecule has 3 aromatic carbocycles. The summed E-state index contributed by atoms with van der Waals surface area (Å²) < 4.78 is 18.3. The highest BCUT2D eigenvalue weighted by molar-refractivity contribution is 6.07. The topological polar surface area (TPSA) is 43.4 Å². The van der Waals surface area contributed by atoms with E-state index in [9.17, 15) is 14.0 Å². The molecule has 0 aliphatic heterocycles. The van der Waals surface area contributed by atoms with Crippen LogP contribution in [0.15, 0.2) is 84.9 Å². The first-order valence-electron chi connectivity index (χ1n) is 7.98. The van der Waals surface area contributed by atoms with Crippen LogP contribution in [0.3, 0.4) is 0 Å². The average molecular weight is 346 g/mol. The van der Waals surface area contributed by atoms with Crippen molar-refractivity contribution in [2.24, 2.45) is 0 Å². The van der Waals surface area contributed by atoms with Crippen molar-refractivity contribution in [1.29, 1.82) is 0 Å². The zero-order chi connectivity index (χ0) is 18.4. The molecule has 4 heteroatoms. The Kier molecular flexibility index (Phi) is 5.34. The maximum Gasteiger partial charge on any atom is 0.343 e. The molecule has 3 nitrogen and oxygen atoms in total. The lowest BCUT2D eigenvalue weighted by molar-refractivity contribution is 0.0734. The van der Waals surface area contributed by atoms with Gasteiger partial charge in [-0.25, -0.2) is 9.18 Å². The van der Waals surface area contributed by atoms with Gasteiger partial charge in [0.1, 0.15) is 11.6 Å². The van der Waals surface area contributed by atoms with Crippen molar-refractivity contribution in [3.05, 3.63) is 107 Å². The molecular weight excluding hydrogens is 331 g/mol. The lowest BCUT2D eigenvalue weighted by Crippen LogP contribution is -2.09. The molecule has 3 rings (SSSR count). The van der Waals surface area contributed by atoms with E-state index in [1.807, 2.05) is 6.07 Å². The van der Waals surface area contributed by atoms with Gasteiger partial charge in [0.25, 0.3) is 0 Å². The molecule has 0 spiro atoms. The van der Waals surface area contributed by atoms with Gasteiger partial charge in [0.15, 0.2) is 5.78 Å². The normalized spacial score (nSPS) is 10.7. The Hall–Kier alpha value is -3.53. The minimum atomic E-state index is -0.597. The molecule has 0 heterocycles. The summed E-state index contributed by atoms with van der Waals surface area (Å²) in [6.07, 6.45) is 3.03. The number of hydrogen-bond acceptors (Lipinski definition) is 3. The number of hydrogen-bond donors (Lipinski definition) is 0. The zero-order valence-electron chi connectivity index (χ0n) is 13.8. The van der Waals surface area contributed by atoms with Gasteiger partial charge in [0, 0.05) is 11.1 Å². The lowest BCUT2D eigenvalue weighted by Gasteiger charge is -2.07. The van der Waals surface area contributed by atoms with E-state index < -0.39 is 11.8 Å². The summed E-state index contributed by atoms with van der Waals surface area (Å²) in [6.45, 7) is 0. The van der Waals surface area contributed by atoms with E-state index in [1.165, 1.54) is 30.3 Å². The molecule has 3 aromatic rings. The molecule has 0 atom stereocenters. The summed E-state index contributed by atoms with van der Waals surface area (Å²) in [4.78, 5) is 24.4. The van der Waals surface area contributed by atoms with Gasteiger partial charge in [-0.1, -0.05) is 48.5 Å². The molecule has 0 N–H and O–H groups in total. The predicted molar refractivity (Wildman–Crippen MR) is 97.6 cm³/mol.